The van der Waals surface area contributed by atoms with Crippen molar-refractivity contribution in [3.8, 4) is 0 Å². The Balaban J connectivity index is 2.48. The lowest BCUT2D eigenvalue weighted by Gasteiger charge is -2.37. The fraction of sp³-hybridized carbons (Fsp3) is 0.923. The first kappa shape index (κ1) is 16.2. The van der Waals surface area contributed by atoms with Crippen LogP contribution in [0.1, 0.15) is 27.7 Å². The lowest BCUT2D eigenvalue weighted by molar-refractivity contribution is 0.00846. The van der Waals surface area contributed by atoms with Gasteiger partial charge in [0.1, 0.15) is 5.60 Å². The zero-order valence-corrected chi connectivity index (χ0v) is 12.4. The summed E-state index contributed by atoms with van der Waals surface area (Å²) in [4.78, 5) is 14.0. The number of rotatable bonds is 4. The minimum atomic E-state index is -0.485. The number of carbonyl (C=O) groups excluding carboxylic acids is 1. The predicted octanol–water partition coefficient (Wildman–Crippen LogP) is 0.559. The first-order valence-corrected chi connectivity index (χ1v) is 6.85. The van der Waals surface area contributed by atoms with Gasteiger partial charge in [0.15, 0.2) is 0 Å². The van der Waals surface area contributed by atoms with Crippen molar-refractivity contribution >= 4 is 6.09 Å². The zero-order chi connectivity index (χ0) is 14.5. The maximum absolute atomic E-state index is 11.8. The lowest BCUT2D eigenvalue weighted by atomic mass is 10.1. The summed E-state index contributed by atoms with van der Waals surface area (Å²) in [7, 11) is 0. The number of hydrogen-bond donors (Lipinski definition) is 2. The molecule has 112 valence electrons. The molecule has 0 radical (unpaired) electrons. The molecular formula is C13H27N3O3. The van der Waals surface area contributed by atoms with Gasteiger partial charge in [-0.05, 0) is 27.7 Å². The van der Waals surface area contributed by atoms with Crippen LogP contribution in [-0.4, -0.2) is 61.5 Å². The van der Waals surface area contributed by atoms with E-state index in [0.717, 1.165) is 26.3 Å². The van der Waals surface area contributed by atoms with Gasteiger partial charge in [0.2, 0.25) is 0 Å². The molecule has 2 atom stereocenters. The van der Waals surface area contributed by atoms with Crippen LogP contribution in [0.2, 0.25) is 0 Å². The Labute approximate surface area is 115 Å². The van der Waals surface area contributed by atoms with E-state index in [0.29, 0.717) is 6.54 Å². The van der Waals surface area contributed by atoms with E-state index in [1.807, 2.05) is 27.7 Å². The van der Waals surface area contributed by atoms with Gasteiger partial charge in [0.05, 0.1) is 13.2 Å². The number of amides is 1. The van der Waals surface area contributed by atoms with Crippen molar-refractivity contribution in [1.82, 2.24) is 10.2 Å². The van der Waals surface area contributed by atoms with Crippen molar-refractivity contribution in [2.24, 2.45) is 5.73 Å². The monoisotopic (exact) mass is 273 g/mol. The molecule has 0 aromatic rings. The summed E-state index contributed by atoms with van der Waals surface area (Å²) in [6.45, 7) is 11.1. The van der Waals surface area contributed by atoms with Crippen LogP contribution in [0.15, 0.2) is 0 Å². The zero-order valence-electron chi connectivity index (χ0n) is 12.4. The number of nitrogens with two attached hydrogens (primary N) is 1. The first-order chi connectivity index (χ1) is 8.83. The number of morpholine rings is 1. The van der Waals surface area contributed by atoms with E-state index in [1.165, 1.54) is 0 Å². The highest BCUT2D eigenvalue weighted by molar-refractivity contribution is 5.68. The molecule has 1 aliphatic rings. The Morgan fingerprint density at radius 2 is 2.00 bits per heavy atom. The molecule has 0 aromatic heterocycles. The van der Waals surface area contributed by atoms with Crippen LogP contribution in [0.5, 0.6) is 0 Å². The SMILES string of the molecule is CC(NC(=O)OC(C)(C)C)C(CN)N1CCOCC1. The summed E-state index contributed by atoms with van der Waals surface area (Å²) >= 11 is 0. The Hall–Kier alpha value is -0.850. The van der Waals surface area contributed by atoms with Crippen LogP contribution in [0.25, 0.3) is 0 Å². The van der Waals surface area contributed by atoms with E-state index in [1.54, 1.807) is 0 Å². The average Bonchev–Trinajstić information content (AvgIpc) is 2.28. The van der Waals surface area contributed by atoms with Crippen LogP contribution in [0.4, 0.5) is 4.79 Å². The molecule has 1 fully saturated rings. The third kappa shape index (κ3) is 5.76. The molecule has 1 rings (SSSR count). The van der Waals surface area contributed by atoms with Gasteiger partial charge in [-0.15, -0.1) is 0 Å². The molecule has 6 nitrogen and oxygen atoms in total. The third-order valence-corrected chi connectivity index (χ3v) is 3.08. The largest absolute Gasteiger partial charge is 0.444 e. The number of carbonyl (C=O) groups is 1. The predicted molar refractivity (Wildman–Crippen MR) is 74.1 cm³/mol. The molecule has 6 heteroatoms. The highest BCUT2D eigenvalue weighted by Crippen LogP contribution is 2.10. The van der Waals surface area contributed by atoms with Crippen molar-refractivity contribution in [2.75, 3.05) is 32.8 Å². The lowest BCUT2D eigenvalue weighted by Crippen LogP contribution is -2.57. The van der Waals surface area contributed by atoms with E-state index in [2.05, 4.69) is 10.2 Å². The Morgan fingerprint density at radius 3 is 2.47 bits per heavy atom. The van der Waals surface area contributed by atoms with Gasteiger partial charge >= 0.3 is 6.09 Å². The highest BCUT2D eigenvalue weighted by atomic mass is 16.6. The Bertz CT molecular complexity index is 285. The maximum atomic E-state index is 11.8. The minimum absolute atomic E-state index is 0.0575. The van der Waals surface area contributed by atoms with Crippen LogP contribution in [0.3, 0.4) is 0 Å². The van der Waals surface area contributed by atoms with Gasteiger partial charge in [-0.3, -0.25) is 4.90 Å². The Morgan fingerprint density at radius 1 is 1.42 bits per heavy atom. The number of alkyl carbamates (subject to hydrolysis) is 1. The van der Waals surface area contributed by atoms with E-state index < -0.39 is 11.7 Å². The van der Waals surface area contributed by atoms with Crippen LogP contribution < -0.4 is 11.1 Å². The number of hydrogen-bond acceptors (Lipinski definition) is 5. The first-order valence-electron chi connectivity index (χ1n) is 6.85. The number of ether oxygens (including phenoxy) is 2. The molecule has 1 heterocycles. The van der Waals surface area contributed by atoms with Crippen LogP contribution in [-0.2, 0) is 9.47 Å². The highest BCUT2D eigenvalue weighted by Gasteiger charge is 2.27. The molecule has 3 N–H and O–H groups in total. The average molecular weight is 273 g/mol. The molecule has 0 bridgehead atoms. The quantitative estimate of drug-likeness (QED) is 0.782. The summed E-state index contributed by atoms with van der Waals surface area (Å²) in [5, 5.41) is 2.86. The topological polar surface area (TPSA) is 76.8 Å². The fourth-order valence-corrected chi connectivity index (χ4v) is 2.17. The normalized spacial score (nSPS) is 20.7. The Kier molecular flexibility index (Phi) is 6.03. The second-order valence-corrected chi connectivity index (χ2v) is 5.89. The third-order valence-electron chi connectivity index (χ3n) is 3.08. The second-order valence-electron chi connectivity index (χ2n) is 5.89. The molecule has 1 saturated heterocycles. The number of nitrogens with zero attached hydrogens (tertiary/aromatic N) is 1. The van der Waals surface area contributed by atoms with Gasteiger partial charge in [-0.2, -0.15) is 0 Å². The van der Waals surface area contributed by atoms with Crippen molar-refractivity contribution in [1.29, 1.82) is 0 Å². The molecule has 1 aliphatic heterocycles. The summed E-state index contributed by atoms with van der Waals surface area (Å²) in [6, 6.07) is 0.0503. The smallest absolute Gasteiger partial charge is 0.407 e. The van der Waals surface area contributed by atoms with E-state index >= 15 is 0 Å². The fourth-order valence-electron chi connectivity index (χ4n) is 2.17. The van der Waals surface area contributed by atoms with Crippen molar-refractivity contribution in [3.63, 3.8) is 0 Å². The van der Waals surface area contributed by atoms with Crippen LogP contribution in [0, 0.1) is 0 Å². The van der Waals surface area contributed by atoms with E-state index in [9.17, 15) is 4.79 Å². The number of nitrogens with one attached hydrogen (secondary N) is 1. The standard InChI is InChI=1S/C13H27N3O3/c1-10(15-12(17)19-13(2,3)4)11(9-14)16-5-7-18-8-6-16/h10-11H,5-9,14H2,1-4H3,(H,15,17). The summed E-state index contributed by atoms with van der Waals surface area (Å²) < 4.78 is 10.6. The van der Waals surface area contributed by atoms with Gasteiger partial charge in [-0.25, -0.2) is 4.79 Å². The van der Waals surface area contributed by atoms with Crippen molar-refractivity contribution < 1.29 is 14.3 Å². The van der Waals surface area contributed by atoms with Gasteiger partial charge < -0.3 is 20.5 Å². The minimum Gasteiger partial charge on any atom is -0.444 e. The molecule has 0 spiro atoms. The molecule has 19 heavy (non-hydrogen) atoms. The maximum Gasteiger partial charge on any atom is 0.407 e. The second kappa shape index (κ2) is 7.07. The molecular weight excluding hydrogens is 246 g/mol. The van der Waals surface area contributed by atoms with E-state index in [-0.39, 0.29) is 12.1 Å². The van der Waals surface area contributed by atoms with Crippen LogP contribution >= 0.6 is 0 Å². The molecule has 2 unspecified atom stereocenters. The summed E-state index contributed by atoms with van der Waals surface area (Å²) in [5.41, 5.74) is 5.35. The molecule has 0 saturated carbocycles. The van der Waals surface area contributed by atoms with Gasteiger partial charge in [0.25, 0.3) is 0 Å². The van der Waals surface area contributed by atoms with E-state index in [4.69, 9.17) is 15.2 Å². The van der Waals surface area contributed by atoms with Crippen molar-refractivity contribution in [2.45, 2.75) is 45.4 Å². The molecule has 1 amide bonds. The summed E-state index contributed by atoms with van der Waals surface area (Å²) in [6.07, 6.45) is -0.397. The summed E-state index contributed by atoms with van der Waals surface area (Å²) in [5.74, 6) is 0. The van der Waals surface area contributed by atoms with Gasteiger partial charge in [0, 0.05) is 31.7 Å². The van der Waals surface area contributed by atoms with Gasteiger partial charge in [-0.1, -0.05) is 0 Å². The molecule has 0 aliphatic carbocycles. The molecule has 0 aromatic carbocycles. The van der Waals surface area contributed by atoms with Crippen molar-refractivity contribution in [3.05, 3.63) is 0 Å².